The fraction of sp³-hybridized carbons (Fsp3) is 0.167. The highest BCUT2D eigenvalue weighted by atomic mass is 31.2. The average Bonchev–Trinajstić information content (AvgIpc) is 3.13. The Bertz CT molecular complexity index is 1840. The third-order valence-corrected chi connectivity index (χ3v) is 10.7. The molecule has 0 spiro atoms. The summed E-state index contributed by atoms with van der Waals surface area (Å²) in [5.74, 6) is -2.45. The van der Waals surface area contributed by atoms with Crippen LogP contribution < -0.4 is 10.6 Å². The van der Waals surface area contributed by atoms with E-state index in [1.54, 1.807) is 86.6 Å². The second-order valence-corrected chi connectivity index (χ2v) is 14.7. The minimum Gasteiger partial charge on any atom is -0.368 e. The summed E-state index contributed by atoms with van der Waals surface area (Å²) >= 11 is 0. The number of rotatable bonds is 16. The van der Waals surface area contributed by atoms with Crippen LogP contribution in [0, 0.1) is 0 Å². The van der Waals surface area contributed by atoms with Gasteiger partial charge < -0.3 is 29.5 Å². The maximum atomic E-state index is 13.6. The third kappa shape index (κ3) is 10.1. The fourth-order valence-electron chi connectivity index (χ4n) is 4.91. The summed E-state index contributed by atoms with van der Waals surface area (Å²) in [6.07, 6.45) is 0. The highest BCUT2D eigenvalue weighted by molar-refractivity contribution is 7.53. The van der Waals surface area contributed by atoms with Gasteiger partial charge in [-0.3, -0.25) is 9.13 Å². The molecule has 4 atom stereocenters. The van der Waals surface area contributed by atoms with E-state index in [1.165, 1.54) is 0 Å². The molecule has 0 amide bonds. The Morgan fingerprint density at radius 2 is 0.860 bits per heavy atom. The summed E-state index contributed by atoms with van der Waals surface area (Å²) in [6, 6.07) is 38.9. The number of nitrogens with zero attached hydrogens (tertiary/aromatic N) is 4. The molecule has 0 aromatic heterocycles. The van der Waals surface area contributed by atoms with E-state index in [-0.39, 0.29) is 13.2 Å². The van der Waals surface area contributed by atoms with Crippen molar-refractivity contribution in [2.75, 3.05) is 23.8 Å². The van der Waals surface area contributed by atoms with E-state index in [0.29, 0.717) is 45.3 Å². The van der Waals surface area contributed by atoms with Crippen LogP contribution in [0.3, 0.4) is 0 Å². The lowest BCUT2D eigenvalue weighted by atomic mass is 10.1. The highest BCUT2D eigenvalue weighted by Crippen LogP contribution is 2.59. The molecule has 12 nitrogen and oxygen atoms in total. The molecule has 4 N–H and O–H groups in total. The lowest BCUT2D eigenvalue weighted by molar-refractivity contribution is 0.266. The van der Waals surface area contributed by atoms with Gasteiger partial charge in [-0.1, -0.05) is 60.7 Å². The van der Waals surface area contributed by atoms with Crippen LogP contribution in [-0.4, -0.2) is 23.0 Å². The summed E-state index contributed by atoms with van der Waals surface area (Å²) < 4.78 is 37.8. The molecule has 0 bridgehead atoms. The van der Waals surface area contributed by atoms with Gasteiger partial charge in [0.1, 0.15) is 0 Å². The standard InChI is InChI=1S/C36H38N6O6P2/c1-3-47-49(43,44)35(37-29-18-22-33(23-19-29)41-39-31-14-7-5-8-15-31)27-12-11-13-28(26-27)36(50(45,46)48-4-2)38-30-20-24-34(25-21-30)42-40-32-16-9-6-10-17-32/h5-26,35-38H,3-4H2,1-2H3,(H,43,44)(H,45,46)/t35-,36-/m0/s1. The number of hydrogen-bond donors (Lipinski definition) is 4. The summed E-state index contributed by atoms with van der Waals surface area (Å²) in [5, 5.41) is 23.2. The Kier molecular flexibility index (Phi) is 12.6. The molecule has 2 unspecified atom stereocenters. The van der Waals surface area contributed by atoms with Crippen LogP contribution in [0.25, 0.3) is 0 Å². The molecule has 5 aromatic rings. The number of anilines is 2. The molecule has 0 aliphatic rings. The molecule has 0 saturated heterocycles. The van der Waals surface area contributed by atoms with Gasteiger partial charge in [0, 0.05) is 11.4 Å². The van der Waals surface area contributed by atoms with Gasteiger partial charge in [-0.05, 0) is 97.8 Å². The van der Waals surface area contributed by atoms with Crippen molar-refractivity contribution in [3.05, 3.63) is 145 Å². The van der Waals surface area contributed by atoms with Gasteiger partial charge in [0.2, 0.25) is 0 Å². The van der Waals surface area contributed by atoms with Crippen LogP contribution in [0.2, 0.25) is 0 Å². The Labute approximate surface area is 291 Å². The van der Waals surface area contributed by atoms with Gasteiger partial charge >= 0.3 is 15.2 Å². The number of azo groups is 2. The fourth-order valence-corrected chi connectivity index (χ4v) is 7.65. The molecule has 5 rings (SSSR count). The first-order valence-corrected chi connectivity index (χ1v) is 19.2. The van der Waals surface area contributed by atoms with E-state index >= 15 is 0 Å². The van der Waals surface area contributed by atoms with Crippen molar-refractivity contribution < 1.29 is 28.0 Å². The van der Waals surface area contributed by atoms with Crippen molar-refractivity contribution in [2.45, 2.75) is 25.4 Å². The minimum absolute atomic E-state index is 0.00821. The molecule has 0 aliphatic heterocycles. The minimum atomic E-state index is -4.31. The molecule has 0 saturated carbocycles. The summed E-state index contributed by atoms with van der Waals surface area (Å²) in [5.41, 5.74) is 4.35. The van der Waals surface area contributed by atoms with Crippen LogP contribution in [0.4, 0.5) is 34.1 Å². The van der Waals surface area contributed by atoms with Crippen LogP contribution in [0.15, 0.2) is 154 Å². The first-order valence-electron chi connectivity index (χ1n) is 15.9. The van der Waals surface area contributed by atoms with Crippen molar-refractivity contribution in [2.24, 2.45) is 20.5 Å². The van der Waals surface area contributed by atoms with Crippen LogP contribution in [-0.2, 0) is 18.2 Å². The second-order valence-electron chi connectivity index (χ2n) is 10.9. The van der Waals surface area contributed by atoms with Crippen molar-refractivity contribution in [1.82, 2.24) is 0 Å². The molecular weight excluding hydrogens is 674 g/mol. The molecule has 0 aliphatic carbocycles. The zero-order chi connectivity index (χ0) is 35.4. The third-order valence-electron chi connectivity index (χ3n) is 7.24. The maximum absolute atomic E-state index is 13.6. The zero-order valence-electron chi connectivity index (χ0n) is 27.5. The smallest absolute Gasteiger partial charge is 0.354 e. The van der Waals surface area contributed by atoms with Crippen LogP contribution >= 0.6 is 15.2 Å². The van der Waals surface area contributed by atoms with Crippen molar-refractivity contribution >= 4 is 49.3 Å². The SMILES string of the molecule is CCOP(=O)(O)[C@H](Nc1ccc(N=Nc2ccccc2)cc1)c1cccc([C@@H](Nc2ccc(N=Nc3ccccc3)cc2)P(=O)(O)OCC)c1. The second kappa shape index (κ2) is 17.2. The van der Waals surface area contributed by atoms with Gasteiger partial charge in [0.05, 0.1) is 36.0 Å². The summed E-state index contributed by atoms with van der Waals surface area (Å²) in [6.45, 7) is 3.24. The first-order chi connectivity index (χ1) is 24.2. The molecule has 50 heavy (non-hydrogen) atoms. The zero-order valence-corrected chi connectivity index (χ0v) is 29.3. The van der Waals surface area contributed by atoms with E-state index in [0.717, 1.165) is 0 Å². The lowest BCUT2D eigenvalue weighted by Crippen LogP contribution is -2.16. The molecule has 0 fully saturated rings. The van der Waals surface area contributed by atoms with E-state index in [4.69, 9.17) is 9.05 Å². The van der Waals surface area contributed by atoms with Crippen molar-refractivity contribution in [3.8, 4) is 0 Å². The van der Waals surface area contributed by atoms with Crippen molar-refractivity contribution in [1.29, 1.82) is 0 Å². The van der Waals surface area contributed by atoms with Gasteiger partial charge in [-0.25, -0.2) is 0 Å². The van der Waals surface area contributed by atoms with E-state index < -0.39 is 26.8 Å². The number of hydrogen-bond acceptors (Lipinski definition) is 10. The van der Waals surface area contributed by atoms with E-state index in [2.05, 4.69) is 31.1 Å². The van der Waals surface area contributed by atoms with Gasteiger partial charge in [-0.2, -0.15) is 20.5 Å². The molecule has 258 valence electrons. The summed E-state index contributed by atoms with van der Waals surface area (Å²) in [7, 11) is -8.63. The van der Waals surface area contributed by atoms with Crippen LogP contribution in [0.5, 0.6) is 0 Å². The van der Waals surface area contributed by atoms with Gasteiger partial charge in [0.25, 0.3) is 0 Å². The normalized spacial score (nSPS) is 15.3. The maximum Gasteiger partial charge on any atom is 0.354 e. The monoisotopic (exact) mass is 712 g/mol. The number of nitrogens with one attached hydrogen (secondary N) is 2. The molecule has 14 heteroatoms. The predicted octanol–water partition coefficient (Wildman–Crippen LogP) is 11.2. The van der Waals surface area contributed by atoms with E-state index in [9.17, 15) is 18.9 Å². The Morgan fingerprint density at radius 1 is 0.520 bits per heavy atom. The summed E-state index contributed by atoms with van der Waals surface area (Å²) in [4.78, 5) is 22.2. The average molecular weight is 713 g/mol. The van der Waals surface area contributed by atoms with Crippen LogP contribution in [0.1, 0.15) is 36.5 Å². The highest BCUT2D eigenvalue weighted by Gasteiger charge is 2.37. The van der Waals surface area contributed by atoms with Gasteiger partial charge in [0.15, 0.2) is 11.6 Å². The molecular formula is C36H38N6O6P2. The molecule has 0 heterocycles. The van der Waals surface area contributed by atoms with E-state index in [1.807, 2.05) is 60.7 Å². The Hall–Kier alpha value is -4.80. The quantitative estimate of drug-likeness (QED) is 0.0579. The Morgan fingerprint density at radius 3 is 1.20 bits per heavy atom. The number of benzene rings is 5. The first kappa shape index (κ1) is 36.5. The molecule has 5 aromatic carbocycles. The predicted molar refractivity (Wildman–Crippen MR) is 196 cm³/mol. The molecule has 0 radical (unpaired) electrons. The lowest BCUT2D eigenvalue weighted by Gasteiger charge is -2.28. The largest absolute Gasteiger partial charge is 0.368 e. The Balaban J connectivity index is 1.41. The topological polar surface area (TPSA) is 167 Å². The van der Waals surface area contributed by atoms with Crippen molar-refractivity contribution in [3.63, 3.8) is 0 Å². The van der Waals surface area contributed by atoms with Gasteiger partial charge in [-0.15, -0.1) is 0 Å².